The Hall–Kier alpha value is -3.00. The molecule has 0 aliphatic rings. The molecule has 7 nitrogen and oxygen atoms in total. The van der Waals surface area contributed by atoms with E-state index in [1.54, 1.807) is 14.0 Å². The lowest BCUT2D eigenvalue weighted by Gasteiger charge is -2.13. The number of ether oxygens (including phenoxy) is 3. The topological polar surface area (TPSA) is 75.5 Å². The van der Waals surface area contributed by atoms with Crippen LogP contribution in [0.5, 0.6) is 11.5 Å². The highest BCUT2D eigenvalue weighted by atomic mass is 32.2. The van der Waals surface area contributed by atoms with Crippen molar-refractivity contribution in [3.8, 4) is 28.6 Å². The summed E-state index contributed by atoms with van der Waals surface area (Å²) < 4.78 is 17.6. The van der Waals surface area contributed by atoms with Gasteiger partial charge in [-0.3, -0.25) is 9.36 Å². The third-order valence-electron chi connectivity index (χ3n) is 4.18. The maximum atomic E-state index is 11.9. The maximum Gasteiger partial charge on any atom is 0.318 e. The maximum absolute atomic E-state index is 11.9. The number of benzene rings is 2. The van der Waals surface area contributed by atoms with Gasteiger partial charge in [0.15, 0.2) is 11.0 Å². The van der Waals surface area contributed by atoms with Crippen molar-refractivity contribution >= 4 is 17.7 Å². The summed E-state index contributed by atoms with van der Waals surface area (Å²) in [5, 5.41) is 8.89. The molecule has 0 amide bonds. The van der Waals surface area contributed by atoms with Crippen LogP contribution in [0.3, 0.4) is 0 Å². The molecule has 152 valence electrons. The van der Waals surface area contributed by atoms with Crippen LogP contribution in [0.15, 0.2) is 53.7 Å². The van der Waals surface area contributed by atoms with Gasteiger partial charge in [-0.15, -0.1) is 10.2 Å². The van der Waals surface area contributed by atoms with E-state index in [0.717, 1.165) is 22.7 Å². The van der Waals surface area contributed by atoms with Crippen LogP contribution < -0.4 is 9.47 Å². The molecule has 1 atom stereocenters. The monoisotopic (exact) mass is 413 g/mol. The van der Waals surface area contributed by atoms with Crippen molar-refractivity contribution in [2.45, 2.75) is 24.3 Å². The van der Waals surface area contributed by atoms with Crippen molar-refractivity contribution in [2.24, 2.45) is 0 Å². The second kappa shape index (κ2) is 9.47. The van der Waals surface area contributed by atoms with Gasteiger partial charge >= 0.3 is 5.97 Å². The van der Waals surface area contributed by atoms with Crippen molar-refractivity contribution in [3.05, 3.63) is 48.5 Å². The van der Waals surface area contributed by atoms with Crippen molar-refractivity contribution in [2.75, 3.05) is 20.8 Å². The predicted molar refractivity (Wildman–Crippen MR) is 112 cm³/mol. The normalized spacial score (nSPS) is 11.7. The summed E-state index contributed by atoms with van der Waals surface area (Å²) in [7, 11) is 2.99. The molecule has 0 fully saturated rings. The zero-order chi connectivity index (χ0) is 20.8. The number of rotatable bonds is 8. The summed E-state index contributed by atoms with van der Waals surface area (Å²) in [6, 6.07) is 15.3. The van der Waals surface area contributed by atoms with E-state index >= 15 is 0 Å². The van der Waals surface area contributed by atoms with Crippen LogP contribution in [0.2, 0.25) is 0 Å². The summed E-state index contributed by atoms with van der Waals surface area (Å²) in [4.78, 5) is 11.9. The smallest absolute Gasteiger partial charge is 0.318 e. The Morgan fingerprint density at radius 3 is 2.52 bits per heavy atom. The van der Waals surface area contributed by atoms with Crippen molar-refractivity contribution in [3.63, 3.8) is 0 Å². The first-order chi connectivity index (χ1) is 14.1. The van der Waals surface area contributed by atoms with E-state index in [-0.39, 0.29) is 5.97 Å². The molecule has 0 unspecified atom stereocenters. The molecular weight excluding hydrogens is 390 g/mol. The first-order valence-electron chi connectivity index (χ1n) is 9.15. The third-order valence-corrected chi connectivity index (χ3v) is 5.20. The minimum absolute atomic E-state index is 0.320. The standard InChI is InChI=1S/C21H23N3O4S/c1-5-28-17-11-9-16(10-12-17)24-19(15-7-6-8-18(13-15)26-3)22-23-21(24)29-14(2)20(25)27-4/h6-14H,5H2,1-4H3/t14-/m1/s1. The van der Waals surface area contributed by atoms with E-state index in [4.69, 9.17) is 14.2 Å². The minimum atomic E-state index is -0.427. The van der Waals surface area contributed by atoms with Crippen LogP contribution in [-0.4, -0.2) is 46.8 Å². The Labute approximate surface area is 174 Å². The van der Waals surface area contributed by atoms with Crippen molar-refractivity contribution in [1.29, 1.82) is 0 Å². The summed E-state index contributed by atoms with van der Waals surface area (Å²) in [5.74, 6) is 1.83. The number of thioether (sulfide) groups is 1. The lowest BCUT2D eigenvalue weighted by molar-refractivity contribution is -0.139. The zero-order valence-electron chi connectivity index (χ0n) is 16.8. The second-order valence-electron chi connectivity index (χ2n) is 6.08. The van der Waals surface area contributed by atoms with Gasteiger partial charge in [0.2, 0.25) is 0 Å². The molecular formula is C21H23N3O4S. The quantitative estimate of drug-likeness (QED) is 0.408. The van der Waals surface area contributed by atoms with Crippen LogP contribution in [0.25, 0.3) is 17.1 Å². The summed E-state index contributed by atoms with van der Waals surface area (Å²) in [5.41, 5.74) is 1.71. The molecule has 0 N–H and O–H groups in total. The number of carbonyl (C=O) groups is 1. The fraction of sp³-hybridized carbons (Fsp3) is 0.286. The molecule has 0 aliphatic carbocycles. The predicted octanol–water partition coefficient (Wildman–Crippen LogP) is 4.00. The highest BCUT2D eigenvalue weighted by molar-refractivity contribution is 8.00. The van der Waals surface area contributed by atoms with E-state index in [0.29, 0.717) is 17.6 Å². The Bertz CT molecular complexity index is 972. The van der Waals surface area contributed by atoms with Gasteiger partial charge in [0.05, 0.1) is 20.8 Å². The van der Waals surface area contributed by atoms with E-state index < -0.39 is 5.25 Å². The molecule has 0 aliphatic heterocycles. The molecule has 0 radical (unpaired) electrons. The number of esters is 1. The van der Waals surface area contributed by atoms with Crippen LogP contribution >= 0.6 is 11.8 Å². The van der Waals surface area contributed by atoms with Gasteiger partial charge in [0, 0.05) is 11.3 Å². The summed E-state index contributed by atoms with van der Waals surface area (Å²) in [6.07, 6.45) is 0. The minimum Gasteiger partial charge on any atom is -0.497 e. The fourth-order valence-electron chi connectivity index (χ4n) is 2.76. The average Bonchev–Trinajstić information content (AvgIpc) is 3.17. The fourth-order valence-corrected chi connectivity index (χ4v) is 3.65. The van der Waals surface area contributed by atoms with Gasteiger partial charge in [0.25, 0.3) is 0 Å². The van der Waals surface area contributed by atoms with Gasteiger partial charge in [-0.05, 0) is 50.2 Å². The molecule has 1 aromatic heterocycles. The second-order valence-corrected chi connectivity index (χ2v) is 7.39. The number of hydrogen-bond acceptors (Lipinski definition) is 7. The third kappa shape index (κ3) is 4.71. The van der Waals surface area contributed by atoms with Gasteiger partial charge < -0.3 is 14.2 Å². The Kier molecular flexibility index (Phi) is 6.77. The number of carbonyl (C=O) groups excluding carboxylic acids is 1. The SMILES string of the molecule is CCOc1ccc(-n2c(S[C@H](C)C(=O)OC)nnc2-c2cccc(OC)c2)cc1. The van der Waals surface area contributed by atoms with Gasteiger partial charge in [-0.2, -0.15) is 0 Å². The Morgan fingerprint density at radius 2 is 1.86 bits per heavy atom. The van der Waals surface area contributed by atoms with Crippen LogP contribution in [0.1, 0.15) is 13.8 Å². The van der Waals surface area contributed by atoms with Crippen molar-refractivity contribution < 1.29 is 19.0 Å². The molecule has 0 saturated heterocycles. The van der Waals surface area contributed by atoms with Gasteiger partial charge in [0.1, 0.15) is 16.7 Å². The van der Waals surface area contributed by atoms with Crippen LogP contribution in [-0.2, 0) is 9.53 Å². The highest BCUT2D eigenvalue weighted by Crippen LogP contribution is 2.32. The first-order valence-corrected chi connectivity index (χ1v) is 10.0. The molecule has 0 saturated carbocycles. The van der Waals surface area contributed by atoms with Crippen LogP contribution in [0, 0.1) is 0 Å². The molecule has 0 spiro atoms. The molecule has 1 heterocycles. The Balaban J connectivity index is 2.07. The van der Waals surface area contributed by atoms with E-state index in [2.05, 4.69) is 10.2 Å². The van der Waals surface area contributed by atoms with Gasteiger partial charge in [-0.1, -0.05) is 23.9 Å². The number of methoxy groups -OCH3 is 2. The Morgan fingerprint density at radius 1 is 1.10 bits per heavy atom. The molecule has 3 rings (SSSR count). The van der Waals surface area contributed by atoms with Crippen molar-refractivity contribution in [1.82, 2.24) is 14.8 Å². The number of nitrogens with zero attached hydrogens (tertiary/aromatic N) is 3. The summed E-state index contributed by atoms with van der Waals surface area (Å²) in [6.45, 7) is 4.31. The molecule has 2 aromatic carbocycles. The largest absolute Gasteiger partial charge is 0.497 e. The molecule has 0 bridgehead atoms. The zero-order valence-corrected chi connectivity index (χ0v) is 17.6. The molecule has 3 aromatic rings. The number of aromatic nitrogens is 3. The summed E-state index contributed by atoms with van der Waals surface area (Å²) >= 11 is 1.29. The van der Waals surface area contributed by atoms with Gasteiger partial charge in [-0.25, -0.2) is 0 Å². The average molecular weight is 413 g/mol. The van der Waals surface area contributed by atoms with E-state index in [1.165, 1.54) is 18.9 Å². The first kappa shape index (κ1) is 20.7. The molecule has 29 heavy (non-hydrogen) atoms. The van der Waals surface area contributed by atoms with E-state index in [1.807, 2.05) is 60.0 Å². The highest BCUT2D eigenvalue weighted by Gasteiger charge is 2.22. The number of hydrogen-bond donors (Lipinski definition) is 0. The van der Waals surface area contributed by atoms with E-state index in [9.17, 15) is 4.79 Å². The lowest BCUT2D eigenvalue weighted by atomic mass is 10.2. The lowest BCUT2D eigenvalue weighted by Crippen LogP contribution is -2.15. The van der Waals surface area contributed by atoms with Crippen LogP contribution in [0.4, 0.5) is 0 Å². The molecule has 8 heteroatoms.